The molecule has 0 aliphatic rings. The summed E-state index contributed by atoms with van der Waals surface area (Å²) < 4.78 is 7.73. The number of hydrogen-bond acceptors (Lipinski definition) is 2. The van der Waals surface area contributed by atoms with Crippen LogP contribution < -0.4 is 4.74 Å². The van der Waals surface area contributed by atoms with Crippen LogP contribution in [0.4, 0.5) is 0 Å². The number of benzene rings is 5. The Morgan fingerprint density at radius 1 is 0.571 bits per heavy atom. The van der Waals surface area contributed by atoms with Gasteiger partial charge in [0.25, 0.3) is 0 Å². The Morgan fingerprint density at radius 3 is 1.91 bits per heavy atom. The molecule has 0 fully saturated rings. The Balaban J connectivity index is 1.74. The highest BCUT2D eigenvalue weighted by Gasteiger charge is 2.23. The van der Waals surface area contributed by atoms with Gasteiger partial charge in [-0.3, -0.25) is 4.57 Å². The molecule has 0 atom stereocenters. The minimum Gasteiger partial charge on any atom is -0.497 e. The van der Waals surface area contributed by atoms with E-state index in [4.69, 9.17) is 9.72 Å². The van der Waals surface area contributed by atoms with Gasteiger partial charge in [-0.15, -0.1) is 0 Å². The van der Waals surface area contributed by atoms with Gasteiger partial charge in [-0.05, 0) is 35.7 Å². The first-order chi connectivity index (χ1) is 17.3. The molecule has 5 aromatic carbocycles. The molecule has 0 N–H and O–H groups in total. The van der Waals surface area contributed by atoms with Gasteiger partial charge in [-0.1, -0.05) is 97.1 Å². The van der Waals surface area contributed by atoms with Gasteiger partial charge >= 0.3 is 0 Å². The summed E-state index contributed by atoms with van der Waals surface area (Å²) in [7, 11) is 1.69. The van der Waals surface area contributed by atoms with Crippen LogP contribution in [0, 0.1) is 0 Å². The molecule has 6 aromatic rings. The lowest BCUT2D eigenvalue weighted by Crippen LogP contribution is -2.01. The number of nitrogens with zero attached hydrogens (tertiary/aromatic N) is 2. The summed E-state index contributed by atoms with van der Waals surface area (Å²) in [6.45, 7) is 0. The van der Waals surface area contributed by atoms with Crippen LogP contribution in [0.25, 0.3) is 50.4 Å². The SMILES string of the molecule is COc1ccc(-c2nc(-c3ccccc3)c(-c3ccccc3)n2-c2cccc3ccccc23)cc1. The lowest BCUT2D eigenvalue weighted by atomic mass is 10.0. The smallest absolute Gasteiger partial charge is 0.145 e. The van der Waals surface area contributed by atoms with E-state index in [0.29, 0.717) is 0 Å². The fourth-order valence-electron chi connectivity index (χ4n) is 4.65. The average molecular weight is 453 g/mol. The minimum absolute atomic E-state index is 0.823. The summed E-state index contributed by atoms with van der Waals surface area (Å²) in [5.74, 6) is 1.71. The van der Waals surface area contributed by atoms with E-state index in [9.17, 15) is 0 Å². The molecule has 1 aromatic heterocycles. The van der Waals surface area contributed by atoms with E-state index in [2.05, 4.69) is 114 Å². The third-order valence-corrected chi connectivity index (χ3v) is 6.33. The van der Waals surface area contributed by atoms with E-state index in [1.807, 2.05) is 18.2 Å². The third-order valence-electron chi connectivity index (χ3n) is 6.33. The lowest BCUT2D eigenvalue weighted by Gasteiger charge is -2.16. The number of methoxy groups -OCH3 is 1. The highest BCUT2D eigenvalue weighted by Crippen LogP contribution is 2.40. The van der Waals surface area contributed by atoms with Crippen LogP contribution in [0.3, 0.4) is 0 Å². The molecule has 0 bridgehead atoms. The topological polar surface area (TPSA) is 27.1 Å². The van der Waals surface area contributed by atoms with E-state index < -0.39 is 0 Å². The summed E-state index contributed by atoms with van der Waals surface area (Å²) in [5, 5.41) is 2.37. The normalized spacial score (nSPS) is 11.0. The van der Waals surface area contributed by atoms with Crippen molar-refractivity contribution in [1.29, 1.82) is 0 Å². The number of aromatic nitrogens is 2. The monoisotopic (exact) mass is 452 g/mol. The van der Waals surface area contributed by atoms with E-state index >= 15 is 0 Å². The molecule has 0 unspecified atom stereocenters. The van der Waals surface area contributed by atoms with Crippen molar-refractivity contribution < 1.29 is 4.74 Å². The molecule has 168 valence electrons. The Morgan fingerprint density at radius 2 is 1.20 bits per heavy atom. The lowest BCUT2D eigenvalue weighted by molar-refractivity contribution is 0.415. The van der Waals surface area contributed by atoms with Crippen molar-refractivity contribution in [2.45, 2.75) is 0 Å². The summed E-state index contributed by atoms with van der Waals surface area (Å²) >= 11 is 0. The van der Waals surface area contributed by atoms with Crippen LogP contribution in [0.2, 0.25) is 0 Å². The number of imidazole rings is 1. The first-order valence-electron chi connectivity index (χ1n) is 11.7. The van der Waals surface area contributed by atoms with Gasteiger partial charge in [0.15, 0.2) is 0 Å². The van der Waals surface area contributed by atoms with Crippen molar-refractivity contribution in [3.8, 4) is 45.3 Å². The molecule has 0 spiro atoms. The predicted octanol–water partition coefficient (Wildman–Crippen LogP) is 8.04. The minimum atomic E-state index is 0.823. The second kappa shape index (κ2) is 8.96. The zero-order valence-electron chi connectivity index (χ0n) is 19.4. The van der Waals surface area contributed by atoms with Gasteiger partial charge in [-0.25, -0.2) is 4.98 Å². The highest BCUT2D eigenvalue weighted by atomic mass is 16.5. The molecule has 1 heterocycles. The van der Waals surface area contributed by atoms with Crippen LogP contribution in [0.5, 0.6) is 5.75 Å². The molecular weight excluding hydrogens is 428 g/mol. The van der Waals surface area contributed by atoms with E-state index in [1.54, 1.807) is 7.11 Å². The fourth-order valence-corrected chi connectivity index (χ4v) is 4.65. The Bertz CT molecular complexity index is 1600. The second-order valence-electron chi connectivity index (χ2n) is 8.43. The summed E-state index contributed by atoms with van der Waals surface area (Å²) in [5.41, 5.74) is 6.35. The largest absolute Gasteiger partial charge is 0.497 e. The molecule has 0 saturated carbocycles. The Kier molecular flexibility index (Phi) is 5.36. The number of ether oxygens (including phenoxy) is 1. The molecule has 6 rings (SSSR count). The highest BCUT2D eigenvalue weighted by molar-refractivity contribution is 5.93. The molecule has 35 heavy (non-hydrogen) atoms. The fraction of sp³-hybridized carbons (Fsp3) is 0.0312. The quantitative estimate of drug-likeness (QED) is 0.265. The Labute approximate surface area is 204 Å². The van der Waals surface area contributed by atoms with Crippen LogP contribution in [-0.2, 0) is 0 Å². The van der Waals surface area contributed by atoms with E-state index in [0.717, 1.165) is 45.3 Å². The van der Waals surface area contributed by atoms with Crippen molar-refractivity contribution in [3.63, 3.8) is 0 Å². The summed E-state index contributed by atoms with van der Waals surface area (Å²) in [4.78, 5) is 5.29. The van der Waals surface area contributed by atoms with Crippen LogP contribution in [0.15, 0.2) is 127 Å². The summed E-state index contributed by atoms with van der Waals surface area (Å²) in [6.07, 6.45) is 0. The van der Waals surface area contributed by atoms with Crippen molar-refractivity contribution >= 4 is 10.8 Å². The van der Waals surface area contributed by atoms with Gasteiger partial charge in [0.1, 0.15) is 11.6 Å². The van der Waals surface area contributed by atoms with Gasteiger partial charge in [0.2, 0.25) is 0 Å². The molecule has 0 radical (unpaired) electrons. The zero-order chi connectivity index (χ0) is 23.6. The van der Waals surface area contributed by atoms with Gasteiger partial charge in [0, 0.05) is 22.1 Å². The van der Waals surface area contributed by atoms with E-state index in [1.165, 1.54) is 10.8 Å². The van der Waals surface area contributed by atoms with Gasteiger partial charge in [-0.2, -0.15) is 0 Å². The van der Waals surface area contributed by atoms with Crippen LogP contribution in [0.1, 0.15) is 0 Å². The molecule has 3 heteroatoms. The molecular formula is C32H24N2O. The molecule has 0 aliphatic heterocycles. The van der Waals surface area contributed by atoms with E-state index in [-0.39, 0.29) is 0 Å². The average Bonchev–Trinajstić information content (AvgIpc) is 3.34. The van der Waals surface area contributed by atoms with Crippen LogP contribution >= 0.6 is 0 Å². The molecule has 0 aliphatic carbocycles. The maximum atomic E-state index is 5.42. The van der Waals surface area contributed by atoms with Crippen molar-refractivity contribution in [1.82, 2.24) is 9.55 Å². The number of rotatable bonds is 5. The Hall–Kier alpha value is -4.63. The summed E-state index contributed by atoms with van der Waals surface area (Å²) in [6, 6.07) is 44.0. The predicted molar refractivity (Wildman–Crippen MR) is 144 cm³/mol. The maximum absolute atomic E-state index is 5.42. The maximum Gasteiger partial charge on any atom is 0.145 e. The van der Waals surface area contributed by atoms with Crippen LogP contribution in [-0.4, -0.2) is 16.7 Å². The van der Waals surface area contributed by atoms with Gasteiger partial charge < -0.3 is 4.74 Å². The van der Waals surface area contributed by atoms with Crippen molar-refractivity contribution in [3.05, 3.63) is 127 Å². The first kappa shape index (κ1) is 20.9. The van der Waals surface area contributed by atoms with Gasteiger partial charge in [0.05, 0.1) is 24.2 Å². The first-order valence-corrected chi connectivity index (χ1v) is 11.7. The number of hydrogen-bond donors (Lipinski definition) is 0. The molecule has 0 saturated heterocycles. The molecule has 0 amide bonds. The van der Waals surface area contributed by atoms with Crippen molar-refractivity contribution in [2.24, 2.45) is 0 Å². The zero-order valence-corrected chi connectivity index (χ0v) is 19.4. The molecule has 3 nitrogen and oxygen atoms in total. The number of fused-ring (bicyclic) bond motifs is 1. The second-order valence-corrected chi connectivity index (χ2v) is 8.43. The third kappa shape index (κ3) is 3.77. The standard InChI is InChI=1S/C32H24N2O/c1-35-27-21-19-26(20-22-27)32-33-30(24-12-4-2-5-13-24)31(25-14-6-3-7-15-25)34(32)29-18-10-16-23-11-8-9-17-28(23)29/h2-22H,1H3. The van der Waals surface area contributed by atoms with Crippen molar-refractivity contribution in [2.75, 3.05) is 7.11 Å².